The lowest BCUT2D eigenvalue weighted by Crippen LogP contribution is -2.28. The molecular formula is C25H31F3O9S. The number of ether oxygens (including phenoxy) is 4. The third-order valence-corrected chi connectivity index (χ3v) is 5.55. The van der Waals surface area contributed by atoms with Gasteiger partial charge in [-0.2, -0.15) is 21.6 Å². The lowest BCUT2D eigenvalue weighted by Gasteiger charge is -2.13. The van der Waals surface area contributed by atoms with Crippen molar-refractivity contribution >= 4 is 22.1 Å². The van der Waals surface area contributed by atoms with Gasteiger partial charge in [-0.15, -0.1) is 0 Å². The van der Waals surface area contributed by atoms with Crippen LogP contribution in [0.15, 0.2) is 36.4 Å². The Kier molecular flexibility index (Phi) is 12.4. The quantitative estimate of drug-likeness (QED) is 0.219. The molecule has 0 radical (unpaired) electrons. The fraction of sp³-hybridized carbons (Fsp3) is 0.440. The summed E-state index contributed by atoms with van der Waals surface area (Å²) in [4.78, 5) is 23.0. The van der Waals surface area contributed by atoms with Crippen LogP contribution in [-0.4, -0.2) is 53.3 Å². The number of hydrogen-bond acceptors (Lipinski definition) is 9. The molecule has 0 aliphatic carbocycles. The van der Waals surface area contributed by atoms with E-state index in [9.17, 15) is 31.2 Å². The molecule has 13 heteroatoms. The number of alkyl halides is 3. The predicted octanol–water partition coefficient (Wildman–Crippen LogP) is 5.17. The Morgan fingerprint density at radius 1 is 0.816 bits per heavy atom. The summed E-state index contributed by atoms with van der Waals surface area (Å²) in [5.41, 5.74) is -3.94. The van der Waals surface area contributed by atoms with Crippen LogP contribution >= 0.6 is 0 Å². The predicted molar refractivity (Wildman–Crippen MR) is 132 cm³/mol. The van der Waals surface area contributed by atoms with Gasteiger partial charge in [0.05, 0.1) is 38.6 Å². The van der Waals surface area contributed by atoms with Crippen LogP contribution < -0.4 is 13.7 Å². The van der Waals surface area contributed by atoms with E-state index in [1.54, 1.807) is 33.1 Å². The zero-order valence-electron chi connectivity index (χ0n) is 21.9. The van der Waals surface area contributed by atoms with Gasteiger partial charge >= 0.3 is 27.6 Å². The standard InChI is InChI=1S/C14H20O3.C11H11F3O6S/c1-5-17-14(15)12-7-6-11(8-10(2)3)13(9-12)16-4;1-3-19-10(15)7-4-5-8(9(6-7)18-2)20-21(16,17)11(12,13)14/h6-7,9-10H,5,8H2,1-4H3;4-6H,3H2,1-2H3. The van der Waals surface area contributed by atoms with Crippen molar-refractivity contribution in [3.05, 3.63) is 53.1 Å². The van der Waals surface area contributed by atoms with Crippen molar-refractivity contribution in [1.29, 1.82) is 0 Å². The summed E-state index contributed by atoms with van der Waals surface area (Å²) in [5, 5.41) is 0. The van der Waals surface area contributed by atoms with E-state index in [1.165, 1.54) is 0 Å². The van der Waals surface area contributed by atoms with Crippen molar-refractivity contribution in [1.82, 2.24) is 0 Å². The Morgan fingerprint density at radius 2 is 1.29 bits per heavy atom. The van der Waals surface area contributed by atoms with E-state index >= 15 is 0 Å². The smallest absolute Gasteiger partial charge is 0.496 e. The topological polar surface area (TPSA) is 114 Å². The van der Waals surface area contributed by atoms with Crippen molar-refractivity contribution in [2.75, 3.05) is 27.4 Å². The number of benzene rings is 2. The number of hydrogen-bond donors (Lipinski definition) is 0. The van der Waals surface area contributed by atoms with Crippen LogP contribution in [0.4, 0.5) is 13.2 Å². The number of carbonyl (C=O) groups is 2. The number of rotatable bonds is 10. The van der Waals surface area contributed by atoms with Crippen molar-refractivity contribution in [3.8, 4) is 17.2 Å². The van der Waals surface area contributed by atoms with E-state index in [2.05, 4.69) is 22.8 Å². The zero-order chi connectivity index (χ0) is 29.1. The minimum Gasteiger partial charge on any atom is -0.496 e. The average Bonchev–Trinajstić information content (AvgIpc) is 2.84. The van der Waals surface area contributed by atoms with Crippen molar-refractivity contribution in [2.45, 2.75) is 39.6 Å². The van der Waals surface area contributed by atoms with Crippen LogP contribution in [0.2, 0.25) is 0 Å². The third kappa shape index (κ3) is 9.43. The molecule has 0 spiro atoms. The second-order valence-corrected chi connectivity index (χ2v) is 9.45. The molecule has 2 rings (SSSR count). The molecule has 0 unspecified atom stereocenters. The van der Waals surface area contributed by atoms with E-state index in [0.717, 1.165) is 43.0 Å². The molecule has 0 aliphatic heterocycles. The van der Waals surface area contributed by atoms with Crippen LogP contribution in [0.5, 0.6) is 17.2 Å². The Bertz CT molecular complexity index is 1190. The fourth-order valence-electron chi connectivity index (χ4n) is 2.94. The number of esters is 2. The molecule has 9 nitrogen and oxygen atoms in total. The second kappa shape index (κ2) is 14.5. The van der Waals surface area contributed by atoms with Crippen molar-refractivity contribution < 1.29 is 54.3 Å². The van der Waals surface area contributed by atoms with E-state index < -0.39 is 27.3 Å². The van der Waals surface area contributed by atoms with Gasteiger partial charge in [0.15, 0.2) is 11.5 Å². The molecule has 0 N–H and O–H groups in total. The molecular weight excluding hydrogens is 533 g/mol. The maximum absolute atomic E-state index is 12.2. The summed E-state index contributed by atoms with van der Waals surface area (Å²) < 4.78 is 82.1. The van der Waals surface area contributed by atoms with Gasteiger partial charge in [0.1, 0.15) is 5.75 Å². The fourth-order valence-corrected chi connectivity index (χ4v) is 3.41. The highest BCUT2D eigenvalue weighted by Gasteiger charge is 2.49. The Balaban J connectivity index is 0.000000389. The van der Waals surface area contributed by atoms with E-state index in [0.29, 0.717) is 18.1 Å². The Labute approximate surface area is 219 Å². The minimum absolute atomic E-state index is 0.0227. The number of carbonyl (C=O) groups excluding carboxylic acids is 2. The molecule has 0 heterocycles. The Hall–Kier alpha value is -3.48. The largest absolute Gasteiger partial charge is 0.534 e. The summed E-state index contributed by atoms with van der Waals surface area (Å²) in [7, 11) is -3.12. The molecule has 0 aromatic heterocycles. The minimum atomic E-state index is -5.82. The lowest BCUT2D eigenvalue weighted by atomic mass is 10.0. The van der Waals surface area contributed by atoms with Gasteiger partial charge in [0.25, 0.3) is 0 Å². The summed E-state index contributed by atoms with van der Waals surface area (Å²) >= 11 is 0. The average molecular weight is 565 g/mol. The first-order valence-electron chi connectivity index (χ1n) is 11.4. The monoisotopic (exact) mass is 564 g/mol. The molecule has 0 saturated heterocycles. The highest BCUT2D eigenvalue weighted by atomic mass is 32.2. The maximum Gasteiger partial charge on any atom is 0.534 e. The first kappa shape index (κ1) is 32.5. The summed E-state index contributed by atoms with van der Waals surface area (Å²) in [5.74, 6) is -0.777. The third-order valence-electron chi connectivity index (χ3n) is 4.58. The van der Waals surface area contributed by atoms with Crippen LogP contribution in [0.3, 0.4) is 0 Å². The SMILES string of the molecule is CCOC(=O)c1ccc(CC(C)C)c(OC)c1.CCOC(=O)c1ccc(OS(=O)(=O)C(F)(F)F)c(OC)c1. The molecule has 38 heavy (non-hydrogen) atoms. The number of halogens is 3. The summed E-state index contributed by atoms with van der Waals surface area (Å²) in [6.07, 6.45) is 0.937. The molecule has 0 aliphatic rings. The molecule has 0 saturated carbocycles. The zero-order valence-corrected chi connectivity index (χ0v) is 22.7. The highest BCUT2D eigenvalue weighted by molar-refractivity contribution is 7.88. The van der Waals surface area contributed by atoms with Crippen molar-refractivity contribution in [3.63, 3.8) is 0 Å². The van der Waals surface area contributed by atoms with Gasteiger partial charge < -0.3 is 23.1 Å². The van der Waals surface area contributed by atoms with Crippen LogP contribution in [-0.2, 0) is 26.0 Å². The van der Waals surface area contributed by atoms with E-state index in [4.69, 9.17) is 14.2 Å². The molecule has 2 aromatic rings. The normalized spacial score (nSPS) is 11.2. The van der Waals surface area contributed by atoms with E-state index in [1.807, 2.05) is 6.07 Å². The van der Waals surface area contributed by atoms with Gasteiger partial charge in [0, 0.05) is 0 Å². The van der Waals surface area contributed by atoms with Crippen LogP contribution in [0.25, 0.3) is 0 Å². The highest BCUT2D eigenvalue weighted by Crippen LogP contribution is 2.33. The summed E-state index contributed by atoms with van der Waals surface area (Å²) in [6.45, 7) is 8.15. The summed E-state index contributed by atoms with van der Waals surface area (Å²) in [6, 6.07) is 8.41. The van der Waals surface area contributed by atoms with Gasteiger partial charge in [-0.1, -0.05) is 19.9 Å². The van der Waals surface area contributed by atoms with E-state index in [-0.39, 0.29) is 23.9 Å². The van der Waals surface area contributed by atoms with Crippen LogP contribution in [0.1, 0.15) is 54.0 Å². The van der Waals surface area contributed by atoms with Gasteiger partial charge in [0.2, 0.25) is 0 Å². The lowest BCUT2D eigenvalue weighted by molar-refractivity contribution is -0.0500. The Morgan fingerprint density at radius 3 is 1.71 bits per heavy atom. The number of methoxy groups -OCH3 is 2. The molecule has 0 bridgehead atoms. The van der Waals surface area contributed by atoms with Crippen LogP contribution in [0, 0.1) is 5.92 Å². The molecule has 212 valence electrons. The first-order chi connectivity index (χ1) is 17.7. The maximum atomic E-state index is 12.2. The van der Waals surface area contributed by atoms with Crippen molar-refractivity contribution in [2.24, 2.45) is 5.92 Å². The first-order valence-corrected chi connectivity index (χ1v) is 12.8. The van der Waals surface area contributed by atoms with Gasteiger partial charge in [-0.3, -0.25) is 0 Å². The molecule has 0 fully saturated rings. The molecule has 0 amide bonds. The van der Waals surface area contributed by atoms with Gasteiger partial charge in [-0.25, -0.2) is 9.59 Å². The molecule has 2 aromatic carbocycles. The molecule has 0 atom stereocenters. The second-order valence-electron chi connectivity index (χ2n) is 7.91. The van der Waals surface area contributed by atoms with Gasteiger partial charge in [-0.05, 0) is 62.1 Å².